The van der Waals surface area contributed by atoms with Gasteiger partial charge in [0.25, 0.3) is 5.91 Å². The number of amides is 1. The number of hydrogen-bond acceptors (Lipinski definition) is 7. The number of benzene rings is 1. The smallest absolute Gasteiger partial charge is 0.254 e. The summed E-state index contributed by atoms with van der Waals surface area (Å²) in [6, 6.07) is 10.7. The molecule has 6 rings (SSSR count). The molecule has 5 heterocycles. The monoisotopic (exact) mass is 530 g/mol. The zero-order valence-electron chi connectivity index (χ0n) is 22.0. The standard InChI is InChI=1S/C29H31FN6O3/c1-35(10-12-38-2)16-24-20(18-8-11-39-17-18)4-6-26(34-24)33-23-5-3-21(22-14-32-29(37)28(22)23)25-15-31-27-13-19(30)7-9-36(25)27/h3-7,9,13,15,18H,8,10-12,14,16-17H2,1-2H3,(H,32,37)(H,33,34)/t18-/m0/s1. The first-order valence-corrected chi connectivity index (χ1v) is 13.1. The number of likely N-dealkylation sites (N-methyl/N-ethyl adjacent to an activating group) is 1. The quantitative estimate of drug-likeness (QED) is 0.337. The summed E-state index contributed by atoms with van der Waals surface area (Å²) in [7, 11) is 3.76. The second kappa shape index (κ2) is 10.7. The molecule has 0 saturated carbocycles. The molecule has 0 bridgehead atoms. The van der Waals surface area contributed by atoms with Crippen molar-refractivity contribution < 1.29 is 18.7 Å². The Labute approximate surface area is 226 Å². The Morgan fingerprint density at radius 2 is 2.18 bits per heavy atom. The highest BCUT2D eigenvalue weighted by Crippen LogP contribution is 2.36. The molecule has 0 radical (unpaired) electrons. The van der Waals surface area contributed by atoms with Crippen molar-refractivity contribution in [2.75, 3.05) is 45.8 Å². The van der Waals surface area contributed by atoms with Gasteiger partial charge in [-0.2, -0.15) is 0 Å². The predicted molar refractivity (Wildman–Crippen MR) is 146 cm³/mol. The lowest BCUT2D eigenvalue weighted by atomic mass is 9.96. The van der Waals surface area contributed by atoms with Gasteiger partial charge in [-0.15, -0.1) is 0 Å². The van der Waals surface area contributed by atoms with Gasteiger partial charge in [-0.3, -0.25) is 14.1 Å². The lowest BCUT2D eigenvalue weighted by Crippen LogP contribution is -2.24. The van der Waals surface area contributed by atoms with Crippen LogP contribution in [0.25, 0.3) is 16.9 Å². The Hall–Kier alpha value is -3.86. The molecular weight excluding hydrogens is 499 g/mol. The Kier molecular flexibility index (Phi) is 6.99. The Morgan fingerprint density at radius 1 is 1.28 bits per heavy atom. The van der Waals surface area contributed by atoms with Crippen LogP contribution >= 0.6 is 0 Å². The summed E-state index contributed by atoms with van der Waals surface area (Å²) in [5, 5.41) is 6.36. The molecule has 10 heteroatoms. The summed E-state index contributed by atoms with van der Waals surface area (Å²) in [4.78, 5) is 24.5. The van der Waals surface area contributed by atoms with Crippen molar-refractivity contribution >= 4 is 23.1 Å². The summed E-state index contributed by atoms with van der Waals surface area (Å²) in [6.07, 6.45) is 4.34. The van der Waals surface area contributed by atoms with Gasteiger partial charge in [0.15, 0.2) is 0 Å². The van der Waals surface area contributed by atoms with Gasteiger partial charge in [-0.25, -0.2) is 14.4 Å². The highest BCUT2D eigenvalue weighted by molar-refractivity contribution is 6.06. The van der Waals surface area contributed by atoms with Crippen LogP contribution in [0.4, 0.5) is 15.9 Å². The largest absolute Gasteiger partial charge is 0.383 e. The second-order valence-corrected chi connectivity index (χ2v) is 10.1. The number of fused-ring (bicyclic) bond motifs is 2. The molecule has 2 aliphatic rings. The van der Waals surface area contributed by atoms with E-state index in [9.17, 15) is 9.18 Å². The van der Waals surface area contributed by atoms with Crippen LogP contribution in [0.2, 0.25) is 0 Å². The van der Waals surface area contributed by atoms with Crippen molar-refractivity contribution in [2.24, 2.45) is 0 Å². The number of nitrogens with one attached hydrogen (secondary N) is 2. The predicted octanol–water partition coefficient (Wildman–Crippen LogP) is 4.10. The normalized spacial score (nSPS) is 16.7. The maximum absolute atomic E-state index is 13.7. The van der Waals surface area contributed by atoms with Crippen LogP contribution in [-0.2, 0) is 22.6 Å². The van der Waals surface area contributed by atoms with Crippen molar-refractivity contribution in [1.82, 2.24) is 24.6 Å². The minimum Gasteiger partial charge on any atom is -0.383 e. The lowest BCUT2D eigenvalue weighted by molar-refractivity contribution is 0.0966. The fraction of sp³-hybridized carbons (Fsp3) is 0.345. The third-order valence-corrected chi connectivity index (χ3v) is 7.46. The van der Waals surface area contributed by atoms with E-state index in [0.29, 0.717) is 54.9 Å². The fourth-order valence-electron chi connectivity index (χ4n) is 5.43. The van der Waals surface area contributed by atoms with Crippen LogP contribution in [0.3, 0.4) is 0 Å². The first-order chi connectivity index (χ1) is 19.0. The number of hydrogen-bond donors (Lipinski definition) is 2. The lowest BCUT2D eigenvalue weighted by Gasteiger charge is -2.21. The summed E-state index contributed by atoms with van der Waals surface area (Å²) in [5.41, 5.74) is 6.51. The van der Waals surface area contributed by atoms with Gasteiger partial charge >= 0.3 is 0 Å². The summed E-state index contributed by atoms with van der Waals surface area (Å²) < 4.78 is 26.4. The van der Waals surface area contributed by atoms with E-state index in [1.165, 1.54) is 17.7 Å². The van der Waals surface area contributed by atoms with Crippen LogP contribution in [0, 0.1) is 5.82 Å². The van der Waals surface area contributed by atoms with Crippen LogP contribution in [-0.4, -0.2) is 65.7 Å². The van der Waals surface area contributed by atoms with Gasteiger partial charge in [0.05, 0.1) is 42.0 Å². The van der Waals surface area contributed by atoms with Crippen molar-refractivity contribution in [3.8, 4) is 11.3 Å². The highest BCUT2D eigenvalue weighted by Gasteiger charge is 2.28. The Bertz CT molecular complexity index is 1530. The Balaban J connectivity index is 1.34. The van der Waals surface area contributed by atoms with E-state index in [2.05, 4.69) is 33.6 Å². The van der Waals surface area contributed by atoms with Crippen molar-refractivity contribution in [3.63, 3.8) is 0 Å². The number of ether oxygens (including phenoxy) is 2. The molecule has 2 N–H and O–H groups in total. The van der Waals surface area contributed by atoms with Gasteiger partial charge in [-0.1, -0.05) is 12.1 Å². The zero-order valence-corrected chi connectivity index (χ0v) is 22.0. The van der Waals surface area contributed by atoms with Gasteiger partial charge in [0.1, 0.15) is 17.3 Å². The number of anilines is 2. The van der Waals surface area contributed by atoms with Gasteiger partial charge in [0.2, 0.25) is 0 Å². The number of aromatic nitrogens is 3. The minimum atomic E-state index is -0.343. The zero-order chi connectivity index (χ0) is 26.9. The van der Waals surface area contributed by atoms with E-state index in [1.807, 2.05) is 22.6 Å². The summed E-state index contributed by atoms with van der Waals surface area (Å²) in [6.45, 7) is 3.98. The van der Waals surface area contributed by atoms with Crippen LogP contribution in [0.1, 0.15) is 39.5 Å². The van der Waals surface area contributed by atoms with Crippen molar-refractivity contribution in [2.45, 2.75) is 25.4 Å². The van der Waals surface area contributed by atoms with E-state index in [0.717, 1.165) is 42.1 Å². The minimum absolute atomic E-state index is 0.145. The molecule has 3 aromatic heterocycles. The molecular formula is C29H31FN6O3. The van der Waals surface area contributed by atoms with Crippen LogP contribution in [0.5, 0.6) is 0 Å². The molecule has 1 amide bonds. The van der Waals surface area contributed by atoms with E-state index in [-0.39, 0.29) is 11.7 Å². The number of nitrogens with zero attached hydrogens (tertiary/aromatic N) is 4. The third kappa shape index (κ3) is 4.98. The molecule has 0 aliphatic carbocycles. The second-order valence-electron chi connectivity index (χ2n) is 10.1. The molecule has 202 valence electrons. The molecule has 4 aromatic rings. The maximum Gasteiger partial charge on any atom is 0.254 e. The molecule has 9 nitrogen and oxygen atoms in total. The maximum atomic E-state index is 13.7. The van der Waals surface area contributed by atoms with E-state index >= 15 is 0 Å². The average Bonchev–Trinajstić information content (AvgIpc) is 3.69. The molecule has 1 fully saturated rings. The molecule has 1 aromatic carbocycles. The molecule has 0 spiro atoms. The number of rotatable bonds is 9. The molecule has 0 unspecified atom stereocenters. The first-order valence-electron chi connectivity index (χ1n) is 13.1. The van der Waals surface area contributed by atoms with E-state index < -0.39 is 0 Å². The highest BCUT2D eigenvalue weighted by atomic mass is 19.1. The third-order valence-electron chi connectivity index (χ3n) is 7.46. The van der Waals surface area contributed by atoms with Gasteiger partial charge in [-0.05, 0) is 42.8 Å². The number of methoxy groups -OCH3 is 1. The molecule has 1 saturated heterocycles. The molecule has 39 heavy (non-hydrogen) atoms. The van der Waals surface area contributed by atoms with Crippen LogP contribution in [0.15, 0.2) is 48.8 Å². The topological polar surface area (TPSA) is 93.0 Å². The number of pyridine rings is 2. The van der Waals surface area contributed by atoms with Gasteiger partial charge in [0, 0.05) is 57.1 Å². The van der Waals surface area contributed by atoms with Crippen molar-refractivity contribution in [1.29, 1.82) is 0 Å². The first kappa shape index (κ1) is 25.4. The average molecular weight is 531 g/mol. The number of imidazole rings is 1. The molecule has 2 aliphatic heterocycles. The van der Waals surface area contributed by atoms with E-state index in [4.69, 9.17) is 14.5 Å². The number of carbonyl (C=O) groups excluding carboxylic acids is 1. The summed E-state index contributed by atoms with van der Waals surface area (Å²) in [5.74, 6) is 0.511. The van der Waals surface area contributed by atoms with Crippen LogP contribution < -0.4 is 10.6 Å². The number of carbonyl (C=O) groups is 1. The molecule has 1 atom stereocenters. The van der Waals surface area contributed by atoms with E-state index in [1.54, 1.807) is 19.5 Å². The number of halogens is 1. The Morgan fingerprint density at radius 3 is 3.00 bits per heavy atom. The van der Waals surface area contributed by atoms with Crippen molar-refractivity contribution in [3.05, 3.63) is 77.0 Å². The fourth-order valence-corrected chi connectivity index (χ4v) is 5.43. The SMILES string of the molecule is COCCN(C)Cc1nc(Nc2ccc(-c3cnc4cc(F)ccn34)c3c2C(=O)NC3)ccc1[C@H]1CCOC1. The summed E-state index contributed by atoms with van der Waals surface area (Å²) >= 11 is 0. The van der Waals surface area contributed by atoms with Gasteiger partial charge < -0.3 is 20.1 Å².